The number of benzene rings is 1. The number of nitriles is 1. The third-order valence-electron chi connectivity index (χ3n) is 2.96. The number of aliphatic hydroxyl groups is 1. The van der Waals surface area contributed by atoms with Crippen LogP contribution < -0.4 is 0 Å². The van der Waals surface area contributed by atoms with Gasteiger partial charge in [0.25, 0.3) is 0 Å². The summed E-state index contributed by atoms with van der Waals surface area (Å²) in [6, 6.07) is 9.69. The first kappa shape index (κ1) is 15.3. The quantitative estimate of drug-likeness (QED) is 0.599. The van der Waals surface area contributed by atoms with Crippen LogP contribution in [0.5, 0.6) is 0 Å². The predicted octanol–water partition coefficient (Wildman–Crippen LogP) is 3.44. The summed E-state index contributed by atoms with van der Waals surface area (Å²) >= 11 is 0. The number of aliphatic hydroxyl groups excluding tert-OH is 1. The van der Waals surface area contributed by atoms with Crippen LogP contribution in [0.4, 0.5) is 0 Å². The molecule has 1 N–H and O–H groups in total. The van der Waals surface area contributed by atoms with E-state index in [1.54, 1.807) is 0 Å². The van der Waals surface area contributed by atoms with Gasteiger partial charge in [0.15, 0.2) is 0 Å². The van der Waals surface area contributed by atoms with Crippen LogP contribution in [0.25, 0.3) is 0 Å². The van der Waals surface area contributed by atoms with Gasteiger partial charge in [-0.15, -0.1) is 5.92 Å². The van der Waals surface area contributed by atoms with E-state index in [0.29, 0.717) is 12.2 Å². The fourth-order valence-corrected chi connectivity index (χ4v) is 1.81. The molecule has 1 aromatic carbocycles. The Morgan fingerprint density at radius 3 is 2.26 bits per heavy atom. The van der Waals surface area contributed by atoms with Gasteiger partial charge in [-0.05, 0) is 30.5 Å². The fourth-order valence-electron chi connectivity index (χ4n) is 1.81. The van der Waals surface area contributed by atoms with Crippen LogP contribution in [-0.4, -0.2) is 11.7 Å². The number of hydrogen-bond acceptors (Lipinski definition) is 2. The Morgan fingerprint density at radius 2 is 1.58 bits per heavy atom. The summed E-state index contributed by atoms with van der Waals surface area (Å²) in [7, 11) is 0. The summed E-state index contributed by atoms with van der Waals surface area (Å²) in [4.78, 5) is 0. The van der Waals surface area contributed by atoms with Crippen molar-refractivity contribution in [1.29, 1.82) is 5.26 Å². The van der Waals surface area contributed by atoms with Crippen molar-refractivity contribution in [2.75, 3.05) is 6.61 Å². The molecule has 19 heavy (non-hydrogen) atoms. The maximum absolute atomic E-state index is 8.69. The van der Waals surface area contributed by atoms with Crippen molar-refractivity contribution in [3.05, 3.63) is 35.4 Å². The number of hydrogen-bond donors (Lipinski definition) is 1. The van der Waals surface area contributed by atoms with E-state index in [0.717, 1.165) is 37.7 Å². The van der Waals surface area contributed by atoms with Crippen molar-refractivity contribution in [3.63, 3.8) is 0 Å². The molecule has 0 amide bonds. The molecular formula is C17H21NO. The van der Waals surface area contributed by atoms with E-state index < -0.39 is 0 Å². The molecule has 0 saturated heterocycles. The molecule has 0 heterocycles. The van der Waals surface area contributed by atoms with Gasteiger partial charge < -0.3 is 5.11 Å². The zero-order valence-corrected chi connectivity index (χ0v) is 11.4. The van der Waals surface area contributed by atoms with Gasteiger partial charge in [0.1, 0.15) is 0 Å². The van der Waals surface area contributed by atoms with Crippen LogP contribution in [0.1, 0.15) is 49.7 Å². The average Bonchev–Trinajstić information content (AvgIpc) is 2.46. The normalized spacial score (nSPS) is 9.47. The molecule has 0 atom stereocenters. The number of unbranched alkanes of at least 4 members (excludes halogenated alkanes) is 5. The summed E-state index contributed by atoms with van der Waals surface area (Å²) in [5.74, 6) is 6.36. The van der Waals surface area contributed by atoms with Crippen LogP contribution in [0, 0.1) is 23.2 Å². The molecule has 0 bridgehead atoms. The van der Waals surface area contributed by atoms with Crippen LogP contribution in [-0.2, 0) is 6.42 Å². The van der Waals surface area contributed by atoms with Crippen LogP contribution in [0.3, 0.4) is 0 Å². The van der Waals surface area contributed by atoms with Gasteiger partial charge in [-0.2, -0.15) is 5.26 Å². The van der Waals surface area contributed by atoms with Crippen molar-refractivity contribution in [3.8, 4) is 17.9 Å². The van der Waals surface area contributed by atoms with Crippen molar-refractivity contribution >= 4 is 0 Å². The SMILES string of the molecule is N#Cc1ccc(CC#CCCCCCCCO)cc1. The molecule has 0 aliphatic heterocycles. The van der Waals surface area contributed by atoms with Crippen LogP contribution in [0.15, 0.2) is 24.3 Å². The monoisotopic (exact) mass is 255 g/mol. The summed E-state index contributed by atoms with van der Waals surface area (Å²) in [6.07, 6.45) is 7.29. The Hall–Kier alpha value is -1.77. The lowest BCUT2D eigenvalue weighted by molar-refractivity contribution is 0.282. The van der Waals surface area contributed by atoms with E-state index in [2.05, 4.69) is 17.9 Å². The zero-order chi connectivity index (χ0) is 13.8. The standard InChI is InChI=1S/C17H21NO/c18-15-17-12-10-16(11-13-17)9-7-5-3-1-2-4-6-8-14-19/h10-13,19H,1-4,6,8-9,14H2. The van der Waals surface area contributed by atoms with Gasteiger partial charge in [0.2, 0.25) is 0 Å². The minimum atomic E-state index is 0.310. The first-order valence-corrected chi connectivity index (χ1v) is 6.92. The molecule has 1 rings (SSSR count). The molecule has 0 aliphatic rings. The van der Waals surface area contributed by atoms with Crippen molar-refractivity contribution in [2.24, 2.45) is 0 Å². The lowest BCUT2D eigenvalue weighted by Gasteiger charge is -1.96. The second kappa shape index (κ2) is 10.2. The van der Waals surface area contributed by atoms with E-state index in [-0.39, 0.29) is 0 Å². The largest absolute Gasteiger partial charge is 0.396 e. The Labute approximate surface area is 116 Å². The highest BCUT2D eigenvalue weighted by Gasteiger charge is 1.91. The second-order valence-electron chi connectivity index (χ2n) is 4.58. The highest BCUT2D eigenvalue weighted by Crippen LogP contribution is 2.05. The Bertz CT molecular complexity index is 445. The summed E-state index contributed by atoms with van der Waals surface area (Å²) in [6.45, 7) is 0.310. The molecular weight excluding hydrogens is 234 g/mol. The van der Waals surface area contributed by atoms with Gasteiger partial charge >= 0.3 is 0 Å². The smallest absolute Gasteiger partial charge is 0.0991 e. The summed E-state index contributed by atoms with van der Waals surface area (Å²) in [5.41, 5.74) is 1.86. The van der Waals surface area contributed by atoms with Crippen molar-refractivity contribution in [1.82, 2.24) is 0 Å². The minimum Gasteiger partial charge on any atom is -0.396 e. The molecule has 2 heteroatoms. The molecule has 0 radical (unpaired) electrons. The summed E-state index contributed by atoms with van der Waals surface area (Å²) in [5, 5.41) is 17.3. The zero-order valence-electron chi connectivity index (χ0n) is 11.4. The van der Waals surface area contributed by atoms with E-state index >= 15 is 0 Å². The Morgan fingerprint density at radius 1 is 0.895 bits per heavy atom. The van der Waals surface area contributed by atoms with E-state index in [1.807, 2.05) is 24.3 Å². The Balaban J connectivity index is 2.12. The molecule has 0 unspecified atom stereocenters. The molecule has 100 valence electrons. The van der Waals surface area contributed by atoms with Crippen molar-refractivity contribution in [2.45, 2.75) is 44.9 Å². The van der Waals surface area contributed by atoms with E-state index in [9.17, 15) is 0 Å². The lowest BCUT2D eigenvalue weighted by atomic mass is 10.1. The van der Waals surface area contributed by atoms with Gasteiger partial charge in [0.05, 0.1) is 11.6 Å². The third-order valence-corrected chi connectivity index (χ3v) is 2.96. The molecule has 0 aliphatic carbocycles. The molecule has 0 fully saturated rings. The van der Waals surface area contributed by atoms with Gasteiger partial charge in [-0.3, -0.25) is 0 Å². The van der Waals surface area contributed by atoms with Gasteiger partial charge in [-0.1, -0.05) is 37.3 Å². The average molecular weight is 255 g/mol. The number of rotatable bonds is 7. The lowest BCUT2D eigenvalue weighted by Crippen LogP contribution is -1.84. The van der Waals surface area contributed by atoms with Gasteiger partial charge in [-0.25, -0.2) is 0 Å². The molecule has 2 nitrogen and oxygen atoms in total. The van der Waals surface area contributed by atoms with Gasteiger partial charge in [0, 0.05) is 19.4 Å². The first-order valence-electron chi connectivity index (χ1n) is 6.92. The topological polar surface area (TPSA) is 44.0 Å². The number of nitrogens with zero attached hydrogens (tertiary/aromatic N) is 1. The fraction of sp³-hybridized carbons (Fsp3) is 0.471. The molecule has 0 spiro atoms. The highest BCUT2D eigenvalue weighted by molar-refractivity contribution is 5.33. The Kier molecular flexibility index (Phi) is 8.19. The van der Waals surface area contributed by atoms with Crippen LogP contribution in [0.2, 0.25) is 0 Å². The van der Waals surface area contributed by atoms with E-state index in [4.69, 9.17) is 10.4 Å². The second-order valence-corrected chi connectivity index (χ2v) is 4.58. The van der Waals surface area contributed by atoms with Crippen LogP contribution >= 0.6 is 0 Å². The highest BCUT2D eigenvalue weighted by atomic mass is 16.2. The maximum Gasteiger partial charge on any atom is 0.0991 e. The van der Waals surface area contributed by atoms with E-state index in [1.165, 1.54) is 12.8 Å². The third kappa shape index (κ3) is 7.29. The predicted molar refractivity (Wildman–Crippen MR) is 77.4 cm³/mol. The first-order chi connectivity index (χ1) is 9.36. The summed E-state index contributed by atoms with van der Waals surface area (Å²) < 4.78 is 0. The molecule has 1 aromatic rings. The van der Waals surface area contributed by atoms with Crippen molar-refractivity contribution < 1.29 is 5.11 Å². The minimum absolute atomic E-state index is 0.310. The maximum atomic E-state index is 8.69. The molecule has 0 saturated carbocycles. The molecule has 0 aromatic heterocycles.